The molecule has 17 aromatic carbocycles. The zero-order valence-electron chi connectivity index (χ0n) is 80.9. The molecule has 0 amide bonds. The van der Waals surface area contributed by atoms with Gasteiger partial charge >= 0.3 is 63.2 Å². The molecule has 149 heavy (non-hydrogen) atoms. The first-order chi connectivity index (χ1) is 72.2. The first kappa shape index (κ1) is 97.7. The van der Waals surface area contributed by atoms with Crippen LogP contribution in [0, 0.1) is 43.3 Å². The minimum atomic E-state index is 0. The predicted molar refractivity (Wildman–Crippen MR) is 590 cm³/mol. The summed E-state index contributed by atoms with van der Waals surface area (Å²) < 4.78 is 25.1. The second kappa shape index (κ2) is 43.9. The first-order valence-corrected chi connectivity index (χ1v) is 48.7. The molecule has 0 atom stereocenters. The summed E-state index contributed by atoms with van der Waals surface area (Å²) in [4.78, 5) is 34.7. The molecule has 0 fully saturated rings. The Hall–Kier alpha value is -17.3. The number of nitrogens with zero attached hydrogens (tertiary/aromatic N) is 12. The van der Waals surface area contributed by atoms with Gasteiger partial charge in [-0.2, -0.15) is 18.2 Å². The number of benzene rings is 17. The zero-order valence-corrected chi connectivity index (χ0v) is 87.7. The van der Waals surface area contributed by atoms with Gasteiger partial charge in [0.25, 0.3) is 0 Å². The zero-order chi connectivity index (χ0) is 97.8. The molecule has 18 heteroatoms. The molecule has 0 N–H and O–H groups in total. The van der Waals surface area contributed by atoms with Crippen LogP contribution in [0.15, 0.2) is 474 Å². The predicted octanol–water partition coefficient (Wildman–Crippen LogP) is 33.4. The molecule has 9 heterocycles. The van der Waals surface area contributed by atoms with Gasteiger partial charge in [0.2, 0.25) is 17.6 Å². The van der Waals surface area contributed by atoms with Gasteiger partial charge in [0.1, 0.15) is 0 Å². The molecule has 0 saturated carbocycles. The standard InChI is InChI=1S/C51H34N4O.C41H30N4O.C39H26N4O.3Pt/c1-4-16-36(17-5-1)43-25-15-26-44(37-18-6-2-7-19-37)47(43)34-41-35-53-51-48-33-40(29-30-45(48)46-24-10-11-27-49(46)55(41)51)54(38-20-8-3-9-21-38)39-22-14-23-42(32-39)56-50-28-12-13-31-52-50;1-28(2)33-17-6-7-18-35(33)39-27-43-41-37-26-31(22-23-34(37)36-19-8-9-20-38(36)45(39)41)44(29-13-4-3-5-14-29)30-15-12-16-32(25-30)46-40-21-10-11-24-42-40;1-27-12-5-6-17-32(27)37-26-41-39-35-25-30(21-22-33(35)34-18-7-8-19-36(34)43(37)39)42(28-13-3-2-4-14-28)29-15-11-16-31(24-29)44-38-20-9-10-23-40-38;;;/h1-31,35H,34H2;3-24,27-28H,1-2H3;2-23,26H,1H3;;;/q3*-2;3*+2. The Balaban J connectivity index is 0.000000131. The third-order valence-electron chi connectivity index (χ3n) is 26.4. The van der Waals surface area contributed by atoms with Crippen molar-refractivity contribution in [1.29, 1.82) is 0 Å². The maximum atomic E-state index is 6.12. The number of para-hydroxylation sites is 6. The van der Waals surface area contributed by atoms with Gasteiger partial charge in [-0.15, -0.1) is 109 Å². The number of fused-ring (bicyclic) bond motifs is 18. The minimum Gasteiger partial charge on any atom is -0.466 e. The molecule has 0 aliphatic carbocycles. The molecule has 0 aliphatic rings. The van der Waals surface area contributed by atoms with Crippen molar-refractivity contribution >= 4 is 133 Å². The van der Waals surface area contributed by atoms with Crippen molar-refractivity contribution in [2.75, 3.05) is 14.7 Å². The fourth-order valence-electron chi connectivity index (χ4n) is 19.8. The average molecular weight is 2470 g/mol. The molecule has 0 saturated heterocycles. The van der Waals surface area contributed by atoms with Crippen LogP contribution in [0.2, 0.25) is 0 Å². The molecule has 26 rings (SSSR count). The summed E-state index contributed by atoms with van der Waals surface area (Å²) in [7, 11) is 0. The van der Waals surface area contributed by atoms with Crippen molar-refractivity contribution in [2.45, 2.75) is 33.1 Å². The second-order valence-electron chi connectivity index (χ2n) is 35.8. The molecule has 9 aromatic heterocycles. The molecule has 0 unspecified atom stereocenters. The van der Waals surface area contributed by atoms with Crippen LogP contribution in [0.4, 0.5) is 51.2 Å². The first-order valence-electron chi connectivity index (χ1n) is 48.7. The quantitative estimate of drug-likeness (QED) is 0.0473. The number of pyridine rings is 6. The SMILES string of the molecule is CC(C)c1ccccc1-c1cnc2c3[c-]c(N(c4[c-]c(Oc5ccccn5)ccc4)c4ccccc4)ccc3c3ccccc3n12.Cc1ccccc1-c1cnc2c3[c-]c(N(c4[c-]c(Oc5ccccn5)ccc4)c4ccccc4)ccc3c3ccccc3n12.[Pt+2].[Pt+2].[Pt+2].[c-]1c(Oc2ccccn2)cccc1N(c1[c-]c2c(cc1)c1ccccc1n1c(Cc3c(-c4ccccc4)cccc3-c3ccccc3)cnc21)c1ccccc1. The average Bonchev–Trinajstić information content (AvgIpc) is 1.59. The smallest absolute Gasteiger partial charge is 0.466 e. The van der Waals surface area contributed by atoms with E-state index in [1.807, 2.05) is 182 Å². The molecular weight excluding hydrogens is 2370 g/mol. The van der Waals surface area contributed by atoms with Crippen molar-refractivity contribution in [2.24, 2.45) is 0 Å². The van der Waals surface area contributed by atoms with Crippen molar-refractivity contribution in [3.63, 3.8) is 0 Å². The third-order valence-corrected chi connectivity index (χ3v) is 26.4. The van der Waals surface area contributed by atoms with Gasteiger partial charge in [-0.05, 0) is 158 Å². The fraction of sp³-hybridized carbons (Fsp3) is 0.0382. The van der Waals surface area contributed by atoms with Crippen LogP contribution in [-0.4, -0.2) is 43.1 Å². The van der Waals surface area contributed by atoms with Gasteiger partial charge in [-0.3, -0.25) is 15.0 Å². The number of rotatable bonds is 22. The Kier molecular flexibility index (Phi) is 28.8. The van der Waals surface area contributed by atoms with E-state index in [9.17, 15) is 0 Å². The van der Waals surface area contributed by atoms with Gasteiger partial charge in [0, 0.05) is 129 Å². The van der Waals surface area contributed by atoms with Crippen LogP contribution in [0.5, 0.6) is 34.9 Å². The van der Waals surface area contributed by atoms with Crippen molar-refractivity contribution in [3.05, 3.63) is 533 Å². The van der Waals surface area contributed by atoms with Crippen molar-refractivity contribution in [1.82, 2.24) is 43.1 Å². The summed E-state index contributed by atoms with van der Waals surface area (Å²) in [6.07, 6.45) is 11.8. The third kappa shape index (κ3) is 19.7. The second-order valence-corrected chi connectivity index (χ2v) is 35.8. The van der Waals surface area contributed by atoms with E-state index < -0.39 is 0 Å². The van der Waals surface area contributed by atoms with Gasteiger partial charge < -0.3 is 42.1 Å². The normalized spacial score (nSPS) is 11.1. The van der Waals surface area contributed by atoms with Crippen molar-refractivity contribution < 1.29 is 77.4 Å². The van der Waals surface area contributed by atoms with Gasteiger partial charge in [-0.1, -0.05) is 318 Å². The van der Waals surface area contributed by atoms with Gasteiger partial charge in [-0.25, -0.2) is 15.0 Å². The summed E-state index contributed by atoms with van der Waals surface area (Å²) in [5.41, 5.74) is 28.1. The van der Waals surface area contributed by atoms with Gasteiger partial charge in [0.05, 0.1) is 28.3 Å². The number of aromatic nitrogens is 9. The van der Waals surface area contributed by atoms with E-state index in [4.69, 9.17) is 29.2 Å². The van der Waals surface area contributed by atoms with Crippen LogP contribution in [0.25, 0.3) is 127 Å². The number of imidazole rings is 3. The molecule has 0 radical (unpaired) electrons. The minimum absolute atomic E-state index is 0. The van der Waals surface area contributed by atoms with E-state index >= 15 is 0 Å². The van der Waals surface area contributed by atoms with E-state index in [1.165, 1.54) is 44.5 Å². The van der Waals surface area contributed by atoms with Crippen LogP contribution in [0.1, 0.15) is 42.1 Å². The van der Waals surface area contributed by atoms with E-state index in [2.05, 4.69) is 373 Å². The molecular formula is C131H90N12O3Pt3. The monoisotopic (exact) mass is 2460 g/mol. The Morgan fingerprint density at radius 3 is 0.966 bits per heavy atom. The van der Waals surface area contributed by atoms with Crippen LogP contribution in [-0.2, 0) is 69.6 Å². The van der Waals surface area contributed by atoms with Gasteiger partial charge in [0.15, 0.2) is 0 Å². The molecule has 15 nitrogen and oxygen atoms in total. The maximum absolute atomic E-state index is 6.12. The summed E-state index contributed by atoms with van der Waals surface area (Å²) in [6.45, 7) is 6.62. The van der Waals surface area contributed by atoms with Crippen LogP contribution in [0.3, 0.4) is 0 Å². The largest absolute Gasteiger partial charge is 2.00 e. The summed E-state index contributed by atoms with van der Waals surface area (Å²) in [5.74, 6) is 3.64. The Morgan fingerprint density at radius 1 is 0.262 bits per heavy atom. The number of hydrogen-bond acceptors (Lipinski definition) is 12. The van der Waals surface area contributed by atoms with E-state index in [-0.39, 0.29) is 63.2 Å². The van der Waals surface area contributed by atoms with E-state index in [1.54, 1.807) is 18.6 Å². The van der Waals surface area contributed by atoms with Crippen LogP contribution >= 0.6 is 0 Å². The number of ether oxygens (including phenoxy) is 3. The Labute approximate surface area is 906 Å². The summed E-state index contributed by atoms with van der Waals surface area (Å²) in [5, 5.41) is 9.57. The molecule has 0 bridgehead atoms. The molecule has 0 aliphatic heterocycles. The van der Waals surface area contributed by atoms with E-state index in [0.717, 1.165) is 156 Å². The Morgan fingerprint density at radius 2 is 0.577 bits per heavy atom. The topological polar surface area (TPSA) is 128 Å². The van der Waals surface area contributed by atoms with E-state index in [0.29, 0.717) is 47.2 Å². The number of aryl methyl sites for hydroxylation is 1. The summed E-state index contributed by atoms with van der Waals surface area (Å²) in [6, 6.07) is 171. The maximum Gasteiger partial charge on any atom is 2.00 e. The fourth-order valence-corrected chi connectivity index (χ4v) is 19.8. The summed E-state index contributed by atoms with van der Waals surface area (Å²) >= 11 is 0. The number of anilines is 9. The molecule has 722 valence electrons. The van der Waals surface area contributed by atoms with Crippen LogP contribution < -0.4 is 28.9 Å². The van der Waals surface area contributed by atoms with Crippen molar-refractivity contribution in [3.8, 4) is 79.7 Å². The Bertz CT molecular complexity index is 9220. The number of hydrogen-bond donors (Lipinski definition) is 0. The molecule has 0 spiro atoms. The molecule has 26 aromatic rings.